The third-order valence-corrected chi connectivity index (χ3v) is 4.82. The number of carbonyl (C=O) groups excluding carboxylic acids is 2. The summed E-state index contributed by atoms with van der Waals surface area (Å²) in [5, 5.41) is 7.06. The van der Waals surface area contributed by atoms with Crippen LogP contribution in [0.15, 0.2) is 12.1 Å². The van der Waals surface area contributed by atoms with E-state index in [1.54, 1.807) is 0 Å². The molecule has 1 fully saturated rings. The van der Waals surface area contributed by atoms with Crippen molar-refractivity contribution in [1.29, 1.82) is 0 Å². The zero-order valence-electron chi connectivity index (χ0n) is 16.6. The summed E-state index contributed by atoms with van der Waals surface area (Å²) in [5.74, 6) is -5.25. The van der Waals surface area contributed by atoms with Crippen LogP contribution in [0.2, 0.25) is 0 Å². The smallest absolute Gasteiger partial charge is 0.315 e. The normalized spacial score (nSPS) is 15.2. The maximum absolute atomic E-state index is 13.5. The van der Waals surface area contributed by atoms with E-state index in [1.165, 1.54) is 0 Å². The van der Waals surface area contributed by atoms with Crippen molar-refractivity contribution in [2.75, 3.05) is 57.7 Å². The predicted molar refractivity (Wildman–Crippen MR) is 104 cm³/mol. The lowest BCUT2D eigenvalue weighted by Crippen LogP contribution is -2.46. The van der Waals surface area contributed by atoms with Gasteiger partial charge in [0.2, 0.25) is 5.91 Å². The van der Waals surface area contributed by atoms with Gasteiger partial charge in [-0.05, 0) is 38.1 Å². The summed E-state index contributed by atoms with van der Waals surface area (Å²) in [5.41, 5.74) is -0.490. The number of hydrogen-bond donors (Lipinski definition) is 3. The van der Waals surface area contributed by atoms with Gasteiger partial charge in [0.25, 0.3) is 0 Å². The van der Waals surface area contributed by atoms with Gasteiger partial charge in [-0.15, -0.1) is 0 Å². The van der Waals surface area contributed by atoms with Crippen molar-refractivity contribution in [3.8, 4) is 0 Å². The molecule has 10 heteroatoms. The number of likely N-dealkylation sites (N-methyl/N-ethyl adjacent to an activating group) is 1. The lowest BCUT2D eigenvalue weighted by molar-refractivity contribution is -0.115. The number of anilines is 1. The molecular formula is C19H28F3N5O2. The molecule has 3 amide bonds. The SMILES string of the molecule is CCN1CCN(CCCCNC(=O)NCC(=O)Nc2ccc(F)c(F)c2F)CC1. The van der Waals surface area contributed by atoms with Crippen molar-refractivity contribution >= 4 is 17.6 Å². The van der Waals surface area contributed by atoms with Gasteiger partial charge >= 0.3 is 6.03 Å². The van der Waals surface area contributed by atoms with Crippen LogP contribution in [-0.2, 0) is 4.79 Å². The molecule has 0 radical (unpaired) electrons. The number of hydrogen-bond acceptors (Lipinski definition) is 4. The van der Waals surface area contributed by atoms with Crippen LogP contribution >= 0.6 is 0 Å². The predicted octanol–water partition coefficient (Wildman–Crippen LogP) is 1.76. The first kappa shape index (κ1) is 23.0. The standard InChI is InChI=1S/C19H28F3N5O2/c1-2-26-9-11-27(12-10-26)8-4-3-7-23-19(29)24-13-16(28)25-15-6-5-14(20)17(21)18(15)22/h5-6H,2-4,7-13H2,1H3,(H,25,28)(H2,23,24,29). The first-order valence-electron chi connectivity index (χ1n) is 9.80. The Labute approximate surface area is 168 Å². The number of rotatable bonds is 9. The Morgan fingerprint density at radius 3 is 2.34 bits per heavy atom. The molecule has 1 aliphatic rings. The molecule has 0 spiro atoms. The molecule has 3 N–H and O–H groups in total. The van der Waals surface area contributed by atoms with Crippen LogP contribution in [0.1, 0.15) is 19.8 Å². The van der Waals surface area contributed by atoms with Gasteiger partial charge in [-0.25, -0.2) is 18.0 Å². The number of amides is 3. The lowest BCUT2D eigenvalue weighted by atomic mass is 10.2. The van der Waals surface area contributed by atoms with Crippen molar-refractivity contribution in [2.24, 2.45) is 0 Å². The molecule has 0 bridgehead atoms. The second-order valence-electron chi connectivity index (χ2n) is 6.86. The van der Waals surface area contributed by atoms with E-state index in [0.717, 1.165) is 58.2 Å². The summed E-state index contributed by atoms with van der Waals surface area (Å²) < 4.78 is 39.5. The summed E-state index contributed by atoms with van der Waals surface area (Å²) >= 11 is 0. The number of unbranched alkanes of at least 4 members (excludes halogenated alkanes) is 1. The Bertz CT molecular complexity index is 697. The van der Waals surface area contributed by atoms with Crippen LogP contribution < -0.4 is 16.0 Å². The van der Waals surface area contributed by atoms with Gasteiger partial charge in [0.15, 0.2) is 17.5 Å². The molecular weight excluding hydrogens is 387 g/mol. The molecule has 1 aliphatic heterocycles. The van der Waals surface area contributed by atoms with Crippen LogP contribution in [0.3, 0.4) is 0 Å². The van der Waals surface area contributed by atoms with E-state index >= 15 is 0 Å². The molecule has 0 unspecified atom stereocenters. The average molecular weight is 415 g/mol. The topological polar surface area (TPSA) is 76.7 Å². The number of nitrogens with one attached hydrogen (secondary N) is 3. The van der Waals surface area contributed by atoms with E-state index in [1.807, 2.05) is 0 Å². The van der Waals surface area contributed by atoms with E-state index in [9.17, 15) is 22.8 Å². The summed E-state index contributed by atoms with van der Waals surface area (Å²) in [6.45, 7) is 8.60. The molecule has 162 valence electrons. The fourth-order valence-electron chi connectivity index (χ4n) is 3.03. The lowest BCUT2D eigenvalue weighted by Gasteiger charge is -2.33. The Morgan fingerprint density at radius 1 is 0.966 bits per heavy atom. The van der Waals surface area contributed by atoms with E-state index in [2.05, 4.69) is 32.7 Å². The molecule has 0 aliphatic carbocycles. The minimum absolute atomic E-state index is 0.425. The maximum Gasteiger partial charge on any atom is 0.315 e. The van der Waals surface area contributed by atoms with Crippen molar-refractivity contribution < 1.29 is 22.8 Å². The van der Waals surface area contributed by atoms with Crippen molar-refractivity contribution in [3.63, 3.8) is 0 Å². The van der Waals surface area contributed by atoms with Crippen LogP contribution in [-0.4, -0.2) is 74.1 Å². The highest BCUT2D eigenvalue weighted by molar-refractivity contribution is 5.94. The summed E-state index contributed by atoms with van der Waals surface area (Å²) in [7, 11) is 0. The molecule has 1 aromatic rings. The molecule has 1 heterocycles. The minimum Gasteiger partial charge on any atom is -0.338 e. The average Bonchev–Trinajstić information content (AvgIpc) is 2.73. The van der Waals surface area contributed by atoms with Gasteiger partial charge in [-0.1, -0.05) is 6.92 Å². The number of benzene rings is 1. The van der Waals surface area contributed by atoms with Crippen LogP contribution in [0.5, 0.6) is 0 Å². The molecule has 7 nitrogen and oxygen atoms in total. The van der Waals surface area contributed by atoms with Crippen molar-refractivity contribution in [1.82, 2.24) is 20.4 Å². The van der Waals surface area contributed by atoms with Gasteiger partial charge < -0.3 is 25.8 Å². The monoisotopic (exact) mass is 415 g/mol. The van der Waals surface area contributed by atoms with E-state index in [0.29, 0.717) is 12.6 Å². The van der Waals surface area contributed by atoms with Crippen LogP contribution in [0, 0.1) is 17.5 Å². The van der Waals surface area contributed by atoms with Crippen LogP contribution in [0.4, 0.5) is 23.7 Å². The first-order chi connectivity index (χ1) is 13.9. The molecule has 1 aromatic carbocycles. The summed E-state index contributed by atoms with van der Waals surface area (Å²) in [6, 6.07) is 1.09. The quantitative estimate of drug-likeness (QED) is 0.424. The molecule has 0 aromatic heterocycles. The number of urea groups is 1. The maximum atomic E-state index is 13.5. The zero-order valence-corrected chi connectivity index (χ0v) is 16.6. The largest absolute Gasteiger partial charge is 0.338 e. The highest BCUT2D eigenvalue weighted by atomic mass is 19.2. The molecule has 0 saturated carbocycles. The third kappa shape index (κ3) is 7.54. The fourth-order valence-corrected chi connectivity index (χ4v) is 3.03. The zero-order chi connectivity index (χ0) is 21.2. The van der Waals surface area contributed by atoms with Gasteiger partial charge in [-0.3, -0.25) is 4.79 Å². The number of piperazine rings is 1. The second kappa shape index (κ2) is 11.6. The van der Waals surface area contributed by atoms with Gasteiger partial charge in [0.1, 0.15) is 0 Å². The van der Waals surface area contributed by atoms with Crippen molar-refractivity contribution in [3.05, 3.63) is 29.6 Å². The highest BCUT2D eigenvalue weighted by Gasteiger charge is 2.16. The van der Waals surface area contributed by atoms with Gasteiger partial charge in [0.05, 0.1) is 12.2 Å². The molecule has 0 atom stereocenters. The Morgan fingerprint density at radius 2 is 1.66 bits per heavy atom. The summed E-state index contributed by atoms with van der Waals surface area (Å²) in [6.07, 6.45) is 1.77. The Balaban J connectivity index is 1.55. The van der Waals surface area contributed by atoms with Crippen molar-refractivity contribution in [2.45, 2.75) is 19.8 Å². The molecule has 29 heavy (non-hydrogen) atoms. The number of carbonyl (C=O) groups is 2. The highest BCUT2D eigenvalue weighted by Crippen LogP contribution is 2.19. The second-order valence-corrected chi connectivity index (χ2v) is 6.86. The third-order valence-electron chi connectivity index (χ3n) is 4.82. The molecule has 2 rings (SSSR count). The van der Waals surface area contributed by atoms with E-state index in [-0.39, 0.29) is 0 Å². The Hall–Kier alpha value is -2.33. The van der Waals surface area contributed by atoms with E-state index < -0.39 is 41.6 Å². The number of halogens is 3. The Kier molecular flexibility index (Phi) is 9.20. The molecule has 1 saturated heterocycles. The number of nitrogens with zero attached hydrogens (tertiary/aromatic N) is 2. The van der Waals surface area contributed by atoms with Gasteiger partial charge in [0, 0.05) is 32.7 Å². The summed E-state index contributed by atoms with van der Waals surface area (Å²) in [4.78, 5) is 28.2. The first-order valence-corrected chi connectivity index (χ1v) is 9.80. The van der Waals surface area contributed by atoms with E-state index in [4.69, 9.17) is 0 Å². The van der Waals surface area contributed by atoms with Crippen LogP contribution in [0.25, 0.3) is 0 Å². The minimum atomic E-state index is -1.67. The van der Waals surface area contributed by atoms with Gasteiger partial charge in [-0.2, -0.15) is 0 Å². The fraction of sp³-hybridized carbons (Fsp3) is 0.579.